The molecule has 0 heterocycles. The molecule has 0 saturated heterocycles. The van der Waals surface area contributed by atoms with E-state index in [1.54, 1.807) is 12.2 Å². The van der Waals surface area contributed by atoms with Crippen LogP contribution in [0.3, 0.4) is 0 Å². The van der Waals surface area contributed by atoms with E-state index >= 15 is 0 Å². The van der Waals surface area contributed by atoms with Crippen molar-refractivity contribution in [3.8, 4) is 0 Å². The predicted octanol–water partition coefficient (Wildman–Crippen LogP) is 6.42. The fraction of sp³-hybridized carbons (Fsp3) is 0.333. The van der Waals surface area contributed by atoms with Crippen LogP contribution in [0.15, 0.2) is 73.9 Å². The Morgan fingerprint density at radius 3 is 1.67 bits per heavy atom. The summed E-state index contributed by atoms with van der Waals surface area (Å²) in [5, 5.41) is 0. The van der Waals surface area contributed by atoms with Crippen molar-refractivity contribution in [1.82, 2.24) is 0 Å². The summed E-state index contributed by atoms with van der Waals surface area (Å²) in [6.45, 7) is 22.7. The molecule has 18 heavy (non-hydrogen) atoms. The summed E-state index contributed by atoms with van der Waals surface area (Å²) < 4.78 is 0. The van der Waals surface area contributed by atoms with Crippen molar-refractivity contribution in [2.75, 3.05) is 0 Å². The van der Waals surface area contributed by atoms with E-state index in [0.29, 0.717) is 0 Å². The van der Waals surface area contributed by atoms with Gasteiger partial charge in [0, 0.05) is 0 Å². The van der Waals surface area contributed by atoms with Crippen LogP contribution in [0.25, 0.3) is 0 Å². The van der Waals surface area contributed by atoms with Gasteiger partial charge in [-0.1, -0.05) is 101 Å². The van der Waals surface area contributed by atoms with Crippen LogP contribution in [0.4, 0.5) is 0 Å². The van der Waals surface area contributed by atoms with Gasteiger partial charge in [-0.3, -0.25) is 0 Å². The molecule has 0 heteroatoms. The Bertz CT molecular complexity index is 274. The topological polar surface area (TPSA) is 0 Å². The zero-order valence-corrected chi connectivity index (χ0v) is 12.7. The summed E-state index contributed by atoms with van der Waals surface area (Å²) in [6, 6.07) is 0. The Morgan fingerprint density at radius 2 is 1.39 bits per heavy atom. The van der Waals surface area contributed by atoms with Crippen molar-refractivity contribution < 1.29 is 0 Å². The van der Waals surface area contributed by atoms with Gasteiger partial charge in [-0.2, -0.15) is 0 Å². The molecule has 0 N–H and O–H groups in total. The molecule has 0 saturated carbocycles. The average molecular weight is 246 g/mol. The summed E-state index contributed by atoms with van der Waals surface area (Å²) >= 11 is 0. The largest absolute Gasteiger partial charge is 0.0991 e. The van der Waals surface area contributed by atoms with Crippen molar-refractivity contribution in [2.45, 2.75) is 40.5 Å². The quantitative estimate of drug-likeness (QED) is 0.475. The van der Waals surface area contributed by atoms with Gasteiger partial charge in [0.15, 0.2) is 0 Å². The molecule has 0 aliphatic carbocycles. The number of hydrogen-bond donors (Lipinski definition) is 0. The monoisotopic (exact) mass is 246 g/mol. The highest BCUT2D eigenvalue weighted by molar-refractivity contribution is 5.17. The first-order valence-corrected chi connectivity index (χ1v) is 6.49. The first-order valence-electron chi connectivity index (χ1n) is 6.49. The van der Waals surface area contributed by atoms with Crippen LogP contribution >= 0.6 is 0 Å². The van der Waals surface area contributed by atoms with Crippen molar-refractivity contribution in [1.29, 1.82) is 0 Å². The second kappa shape index (κ2) is 20.8. The molecule has 0 radical (unpaired) electrons. The highest BCUT2D eigenvalue weighted by Crippen LogP contribution is 2.02. The maximum absolute atomic E-state index is 3.85. The van der Waals surface area contributed by atoms with E-state index in [1.807, 2.05) is 45.1 Å². The molecule has 0 spiro atoms. The minimum Gasteiger partial charge on any atom is -0.0991 e. The first kappa shape index (κ1) is 21.7. The van der Waals surface area contributed by atoms with Gasteiger partial charge in [0.25, 0.3) is 0 Å². The van der Waals surface area contributed by atoms with Crippen LogP contribution in [0, 0.1) is 0 Å². The van der Waals surface area contributed by atoms with Gasteiger partial charge in [0.1, 0.15) is 0 Å². The summed E-state index contributed by atoms with van der Waals surface area (Å²) in [4.78, 5) is 0. The predicted molar refractivity (Wildman–Crippen MR) is 88.9 cm³/mol. The third-order valence-electron chi connectivity index (χ3n) is 1.56. The van der Waals surface area contributed by atoms with Gasteiger partial charge in [0.05, 0.1) is 0 Å². The normalized spacial score (nSPS) is 8.89. The molecular weight excluding hydrogens is 216 g/mol. The van der Waals surface area contributed by atoms with Crippen LogP contribution in [0.2, 0.25) is 0 Å². The Morgan fingerprint density at radius 1 is 0.944 bits per heavy atom. The number of allylic oxidation sites excluding steroid dienone is 8. The molecule has 0 aromatic carbocycles. The Kier molecular flexibility index (Phi) is 25.1. The minimum absolute atomic E-state index is 1.06. The van der Waals surface area contributed by atoms with E-state index in [0.717, 1.165) is 12.0 Å². The summed E-state index contributed by atoms with van der Waals surface area (Å²) in [5.74, 6) is 0. The lowest BCUT2D eigenvalue weighted by Crippen LogP contribution is -1.71. The van der Waals surface area contributed by atoms with E-state index in [9.17, 15) is 0 Å². The zero-order chi connectivity index (χ0) is 14.8. The second-order valence-electron chi connectivity index (χ2n) is 3.44. The van der Waals surface area contributed by atoms with Crippen LogP contribution in [-0.2, 0) is 0 Å². The fourth-order valence-electron chi connectivity index (χ4n) is 0.841. The standard InChI is InChI=1S/C9H14.C7H10.C2H6/c1-4-6-8-9(3)7-5-2;1-4-5-6-7(2)3;1-2/h4,6,8H,1,3,5,7H2,2H3;4-6H,1-2H2,3H3;1-2H3/b8-6-;6-5-;. The van der Waals surface area contributed by atoms with E-state index in [2.05, 4.69) is 33.2 Å². The third kappa shape index (κ3) is 29.3. The van der Waals surface area contributed by atoms with E-state index in [4.69, 9.17) is 0 Å². The molecule has 0 aliphatic heterocycles. The van der Waals surface area contributed by atoms with Crippen LogP contribution < -0.4 is 0 Å². The number of rotatable bonds is 6. The smallest absolute Gasteiger partial charge is 0.0287 e. The van der Waals surface area contributed by atoms with Crippen molar-refractivity contribution in [2.24, 2.45) is 0 Å². The zero-order valence-electron chi connectivity index (χ0n) is 12.7. The number of hydrogen-bond acceptors (Lipinski definition) is 0. The molecular formula is C18H30. The second-order valence-corrected chi connectivity index (χ2v) is 3.44. The van der Waals surface area contributed by atoms with Gasteiger partial charge < -0.3 is 0 Å². The lowest BCUT2D eigenvalue weighted by molar-refractivity contribution is 0.930. The van der Waals surface area contributed by atoms with Crippen LogP contribution in [0.5, 0.6) is 0 Å². The summed E-state index contributed by atoms with van der Waals surface area (Å²) in [5.41, 5.74) is 2.23. The Hall–Kier alpha value is -1.56. The molecule has 0 unspecified atom stereocenters. The molecule has 102 valence electrons. The van der Waals surface area contributed by atoms with Crippen LogP contribution in [0.1, 0.15) is 40.5 Å². The molecule has 0 rings (SSSR count). The average Bonchev–Trinajstić information content (AvgIpc) is 2.37. The lowest BCUT2D eigenvalue weighted by atomic mass is 10.2. The Labute approximate surface area is 115 Å². The maximum Gasteiger partial charge on any atom is -0.0287 e. The van der Waals surface area contributed by atoms with E-state index < -0.39 is 0 Å². The molecule has 0 amide bonds. The van der Waals surface area contributed by atoms with Gasteiger partial charge in [0.2, 0.25) is 0 Å². The third-order valence-corrected chi connectivity index (χ3v) is 1.56. The molecule has 0 aromatic rings. The highest BCUT2D eigenvalue weighted by atomic mass is 13.9. The minimum atomic E-state index is 1.06. The van der Waals surface area contributed by atoms with Gasteiger partial charge in [-0.05, 0) is 13.3 Å². The van der Waals surface area contributed by atoms with Gasteiger partial charge in [-0.25, -0.2) is 0 Å². The fourth-order valence-corrected chi connectivity index (χ4v) is 0.841. The molecule has 0 atom stereocenters. The van der Waals surface area contributed by atoms with E-state index in [-0.39, 0.29) is 0 Å². The molecule has 0 fully saturated rings. The van der Waals surface area contributed by atoms with Gasteiger partial charge in [-0.15, -0.1) is 0 Å². The highest BCUT2D eigenvalue weighted by Gasteiger charge is 1.81. The molecule has 0 bridgehead atoms. The lowest BCUT2D eigenvalue weighted by Gasteiger charge is -1.91. The first-order chi connectivity index (χ1) is 8.58. The summed E-state index contributed by atoms with van der Waals surface area (Å²) in [6.07, 6.45) is 13.4. The Balaban J connectivity index is -0.000000225. The molecule has 0 aliphatic rings. The van der Waals surface area contributed by atoms with E-state index in [1.165, 1.54) is 12.0 Å². The maximum atomic E-state index is 3.85. The van der Waals surface area contributed by atoms with Crippen molar-refractivity contribution in [3.63, 3.8) is 0 Å². The van der Waals surface area contributed by atoms with Crippen molar-refractivity contribution in [3.05, 3.63) is 73.9 Å². The van der Waals surface area contributed by atoms with Gasteiger partial charge >= 0.3 is 0 Å². The molecule has 0 nitrogen and oxygen atoms in total. The SMILES string of the molecule is C=C/C=C\C(=C)C.C=C/C=C\C(=C)CCC.CC. The molecule has 0 aromatic heterocycles. The summed E-state index contributed by atoms with van der Waals surface area (Å²) in [7, 11) is 0. The van der Waals surface area contributed by atoms with Crippen LogP contribution in [-0.4, -0.2) is 0 Å². The van der Waals surface area contributed by atoms with Crippen molar-refractivity contribution >= 4 is 0 Å².